The Hall–Kier alpha value is -2.10. The van der Waals surface area contributed by atoms with E-state index in [4.69, 9.17) is 5.73 Å². The maximum atomic E-state index is 10.8. The summed E-state index contributed by atoms with van der Waals surface area (Å²) < 4.78 is 0. The van der Waals surface area contributed by atoms with Crippen molar-refractivity contribution in [3.63, 3.8) is 0 Å². The van der Waals surface area contributed by atoms with E-state index in [-0.39, 0.29) is 5.56 Å². The van der Waals surface area contributed by atoms with Gasteiger partial charge in [-0.25, -0.2) is 5.10 Å². The number of nitrogens with one attached hydrogen (secondary N) is 1. The predicted molar refractivity (Wildman–Crippen MR) is 54.7 cm³/mol. The van der Waals surface area contributed by atoms with Crippen molar-refractivity contribution in [3.8, 4) is 11.3 Å². The summed E-state index contributed by atoms with van der Waals surface area (Å²) in [5.74, 6) is 0. The van der Waals surface area contributed by atoms with Gasteiger partial charge in [0, 0.05) is 17.3 Å². The molecule has 0 radical (unpaired) electrons. The summed E-state index contributed by atoms with van der Waals surface area (Å²) in [5, 5.41) is 6.26. The minimum Gasteiger partial charge on any atom is -0.398 e. The van der Waals surface area contributed by atoms with Crippen LogP contribution in [0.1, 0.15) is 0 Å². The average Bonchev–Trinajstić information content (AvgIpc) is 2.20. The third-order valence-corrected chi connectivity index (χ3v) is 1.92. The topological polar surface area (TPSA) is 71.8 Å². The van der Waals surface area contributed by atoms with E-state index < -0.39 is 0 Å². The van der Waals surface area contributed by atoms with Crippen LogP contribution in [0, 0.1) is 0 Å². The van der Waals surface area contributed by atoms with Gasteiger partial charge in [0.05, 0.1) is 5.69 Å². The van der Waals surface area contributed by atoms with E-state index in [0.717, 1.165) is 5.56 Å². The molecule has 1 aromatic heterocycles. The lowest BCUT2D eigenvalue weighted by Gasteiger charge is -2.02. The Bertz CT molecular complexity index is 484. The molecular weight excluding hydrogens is 178 g/mol. The monoisotopic (exact) mass is 187 g/mol. The first-order valence-corrected chi connectivity index (χ1v) is 4.18. The zero-order valence-electron chi connectivity index (χ0n) is 7.40. The van der Waals surface area contributed by atoms with Crippen LogP contribution in [0.2, 0.25) is 0 Å². The number of aromatic nitrogens is 2. The Morgan fingerprint density at radius 2 is 1.93 bits per heavy atom. The molecule has 1 heterocycles. The van der Waals surface area contributed by atoms with Crippen LogP contribution in [0.3, 0.4) is 0 Å². The quantitative estimate of drug-likeness (QED) is 0.654. The van der Waals surface area contributed by atoms with Gasteiger partial charge in [-0.1, -0.05) is 18.2 Å². The minimum atomic E-state index is -0.219. The molecule has 3 N–H and O–H groups in total. The number of rotatable bonds is 1. The van der Waals surface area contributed by atoms with E-state index in [0.29, 0.717) is 11.4 Å². The molecule has 0 amide bonds. The Morgan fingerprint density at radius 1 is 1.14 bits per heavy atom. The first-order chi connectivity index (χ1) is 6.77. The second-order valence-electron chi connectivity index (χ2n) is 2.89. The molecule has 4 nitrogen and oxygen atoms in total. The number of nitrogens with two attached hydrogens (primary N) is 1. The lowest BCUT2D eigenvalue weighted by molar-refractivity contribution is 0.996. The number of para-hydroxylation sites is 1. The Morgan fingerprint density at radius 3 is 2.57 bits per heavy atom. The lowest BCUT2D eigenvalue weighted by atomic mass is 10.1. The number of anilines is 1. The summed E-state index contributed by atoms with van der Waals surface area (Å²) in [7, 11) is 0. The molecule has 0 unspecified atom stereocenters. The SMILES string of the molecule is Nc1ccccc1-c1ccc(=O)[nH]n1. The first-order valence-electron chi connectivity index (χ1n) is 4.18. The Balaban J connectivity index is 2.55. The van der Waals surface area contributed by atoms with Crippen molar-refractivity contribution >= 4 is 5.69 Å². The molecular formula is C10H9N3O. The second-order valence-corrected chi connectivity index (χ2v) is 2.89. The number of nitrogen functional groups attached to an aromatic ring is 1. The van der Waals surface area contributed by atoms with Gasteiger partial charge in [-0.2, -0.15) is 5.10 Å². The van der Waals surface area contributed by atoms with E-state index >= 15 is 0 Å². The van der Waals surface area contributed by atoms with Crippen LogP contribution >= 0.6 is 0 Å². The fraction of sp³-hybridized carbons (Fsp3) is 0. The summed E-state index contributed by atoms with van der Waals surface area (Å²) in [6, 6.07) is 10.4. The lowest BCUT2D eigenvalue weighted by Crippen LogP contribution is -2.06. The van der Waals surface area contributed by atoms with Gasteiger partial charge in [0.2, 0.25) is 0 Å². The van der Waals surface area contributed by atoms with Crippen molar-refractivity contribution in [1.82, 2.24) is 10.2 Å². The third-order valence-electron chi connectivity index (χ3n) is 1.92. The highest BCUT2D eigenvalue weighted by molar-refractivity contribution is 5.72. The fourth-order valence-electron chi connectivity index (χ4n) is 1.22. The van der Waals surface area contributed by atoms with Gasteiger partial charge >= 0.3 is 0 Å². The predicted octanol–water partition coefficient (Wildman–Crippen LogP) is 1.02. The number of hydrogen-bond acceptors (Lipinski definition) is 3. The van der Waals surface area contributed by atoms with Gasteiger partial charge in [-0.3, -0.25) is 4.79 Å². The van der Waals surface area contributed by atoms with Gasteiger partial charge < -0.3 is 5.73 Å². The number of hydrogen-bond donors (Lipinski definition) is 2. The van der Waals surface area contributed by atoms with Crippen LogP contribution in [0.25, 0.3) is 11.3 Å². The summed E-state index contributed by atoms with van der Waals surface area (Å²) in [6.45, 7) is 0. The van der Waals surface area contributed by atoms with Crippen LogP contribution in [0.15, 0.2) is 41.2 Å². The summed E-state index contributed by atoms with van der Waals surface area (Å²) in [4.78, 5) is 10.8. The summed E-state index contributed by atoms with van der Waals surface area (Å²) in [6.07, 6.45) is 0. The molecule has 0 bridgehead atoms. The van der Waals surface area contributed by atoms with E-state index in [1.807, 2.05) is 18.2 Å². The number of aromatic amines is 1. The molecule has 0 spiro atoms. The second kappa shape index (κ2) is 3.33. The smallest absolute Gasteiger partial charge is 0.264 e. The fourth-order valence-corrected chi connectivity index (χ4v) is 1.22. The maximum absolute atomic E-state index is 10.8. The normalized spacial score (nSPS) is 10.0. The molecule has 0 fully saturated rings. The van der Waals surface area contributed by atoms with Crippen LogP contribution in [0.5, 0.6) is 0 Å². The molecule has 0 aliphatic heterocycles. The van der Waals surface area contributed by atoms with Crippen molar-refractivity contribution < 1.29 is 0 Å². The maximum Gasteiger partial charge on any atom is 0.264 e. The largest absolute Gasteiger partial charge is 0.398 e. The van der Waals surface area contributed by atoms with Crippen LogP contribution in [0.4, 0.5) is 5.69 Å². The van der Waals surface area contributed by atoms with Crippen molar-refractivity contribution in [1.29, 1.82) is 0 Å². The average molecular weight is 187 g/mol. The molecule has 0 atom stereocenters. The zero-order valence-corrected chi connectivity index (χ0v) is 7.40. The molecule has 0 saturated carbocycles. The van der Waals surface area contributed by atoms with Crippen molar-refractivity contribution in [2.45, 2.75) is 0 Å². The first kappa shape index (κ1) is 8.50. The zero-order chi connectivity index (χ0) is 9.97. The minimum absolute atomic E-state index is 0.219. The number of nitrogens with zero attached hydrogens (tertiary/aromatic N) is 1. The molecule has 14 heavy (non-hydrogen) atoms. The summed E-state index contributed by atoms with van der Waals surface area (Å²) >= 11 is 0. The van der Waals surface area contributed by atoms with E-state index in [1.54, 1.807) is 12.1 Å². The van der Waals surface area contributed by atoms with E-state index in [2.05, 4.69) is 10.2 Å². The third kappa shape index (κ3) is 1.50. The van der Waals surface area contributed by atoms with Gasteiger partial charge in [0.25, 0.3) is 5.56 Å². The van der Waals surface area contributed by atoms with Crippen LogP contribution < -0.4 is 11.3 Å². The van der Waals surface area contributed by atoms with E-state index in [1.165, 1.54) is 6.07 Å². The van der Waals surface area contributed by atoms with Crippen molar-refractivity contribution in [2.24, 2.45) is 0 Å². The van der Waals surface area contributed by atoms with Gasteiger partial charge in [0.1, 0.15) is 0 Å². The van der Waals surface area contributed by atoms with Gasteiger partial charge in [0.15, 0.2) is 0 Å². The highest BCUT2D eigenvalue weighted by atomic mass is 16.1. The Kier molecular flexibility index (Phi) is 2.02. The van der Waals surface area contributed by atoms with Gasteiger partial charge in [-0.05, 0) is 12.1 Å². The standard InChI is InChI=1S/C10H9N3O/c11-8-4-2-1-3-7(8)9-5-6-10(14)13-12-9/h1-6H,11H2,(H,13,14). The highest BCUT2D eigenvalue weighted by Crippen LogP contribution is 2.21. The van der Waals surface area contributed by atoms with Gasteiger partial charge in [-0.15, -0.1) is 0 Å². The molecule has 1 aromatic carbocycles. The van der Waals surface area contributed by atoms with Crippen LogP contribution in [-0.2, 0) is 0 Å². The Labute approximate surface area is 80.4 Å². The molecule has 4 heteroatoms. The summed E-state index contributed by atoms with van der Waals surface area (Å²) in [5.41, 5.74) is 7.68. The molecule has 0 saturated heterocycles. The molecule has 70 valence electrons. The number of benzene rings is 1. The highest BCUT2D eigenvalue weighted by Gasteiger charge is 2.01. The van der Waals surface area contributed by atoms with Crippen molar-refractivity contribution in [2.75, 3.05) is 5.73 Å². The van der Waals surface area contributed by atoms with Crippen molar-refractivity contribution in [3.05, 3.63) is 46.8 Å². The molecule has 2 aromatic rings. The van der Waals surface area contributed by atoms with E-state index in [9.17, 15) is 4.79 Å². The molecule has 0 aliphatic carbocycles. The molecule has 0 aliphatic rings. The van der Waals surface area contributed by atoms with Crippen LogP contribution in [-0.4, -0.2) is 10.2 Å². The molecule has 2 rings (SSSR count). The number of H-pyrrole nitrogens is 1.